The van der Waals surface area contributed by atoms with E-state index in [4.69, 9.17) is 16.3 Å². The van der Waals surface area contributed by atoms with Crippen LogP contribution in [-0.2, 0) is 11.3 Å². The van der Waals surface area contributed by atoms with Crippen LogP contribution in [0.5, 0.6) is 0 Å². The number of carbonyl (C=O) groups is 2. The number of hydrogen-bond donors (Lipinski definition) is 0. The third-order valence-electron chi connectivity index (χ3n) is 5.17. The lowest BCUT2D eigenvalue weighted by Crippen LogP contribution is -2.23. The number of aryl methyl sites for hydroxylation is 2. The second-order valence-electron chi connectivity index (χ2n) is 7.45. The zero-order valence-corrected chi connectivity index (χ0v) is 18.1. The number of cyclic esters (lactones) is 1. The van der Waals surface area contributed by atoms with Crippen LogP contribution in [0, 0.1) is 13.8 Å². The molecule has 4 rings (SSSR count). The van der Waals surface area contributed by atoms with Crippen molar-refractivity contribution >= 4 is 35.2 Å². The van der Waals surface area contributed by atoms with E-state index >= 15 is 0 Å². The molecule has 2 aromatic carbocycles. The number of hydrogen-bond acceptors (Lipinski definition) is 4. The molecule has 1 saturated heterocycles. The summed E-state index contributed by atoms with van der Waals surface area (Å²) in [5.74, 6) is -0.184. The van der Waals surface area contributed by atoms with E-state index in [0.717, 1.165) is 11.3 Å². The van der Waals surface area contributed by atoms with Gasteiger partial charge in [-0.15, -0.1) is 0 Å². The highest BCUT2D eigenvalue weighted by Gasteiger charge is 2.24. The van der Waals surface area contributed by atoms with Crippen LogP contribution < -0.4 is 4.90 Å². The van der Waals surface area contributed by atoms with Crippen LogP contribution in [0.1, 0.15) is 32.7 Å². The smallest absolute Gasteiger partial charge is 0.414 e. The van der Waals surface area contributed by atoms with Crippen molar-refractivity contribution in [2.24, 2.45) is 0 Å². The van der Waals surface area contributed by atoms with E-state index in [2.05, 4.69) is 17.2 Å². The summed E-state index contributed by atoms with van der Waals surface area (Å²) < 4.78 is 6.69. The van der Waals surface area contributed by atoms with Crippen molar-refractivity contribution < 1.29 is 14.3 Å². The number of nitrogens with zero attached hydrogens (tertiary/aromatic N) is 3. The first kappa shape index (κ1) is 20.9. The molecule has 6 nitrogen and oxygen atoms in total. The first-order valence-electron chi connectivity index (χ1n) is 9.97. The van der Waals surface area contributed by atoms with E-state index in [1.54, 1.807) is 35.0 Å². The monoisotopic (exact) mass is 435 g/mol. The SMILES string of the molecule is Cc1ccc(Cn2nc(C)c(/C=C/C(=O)c3cccc(N4CCOC4=O)c3)c2Cl)cc1. The number of allylic oxidation sites excluding steroid dienone is 1. The minimum atomic E-state index is -0.400. The Morgan fingerprint density at radius 3 is 2.68 bits per heavy atom. The van der Waals surface area contributed by atoms with Gasteiger partial charge in [-0.1, -0.05) is 53.6 Å². The average Bonchev–Trinajstić information content (AvgIpc) is 3.31. The third kappa shape index (κ3) is 4.54. The van der Waals surface area contributed by atoms with Crippen molar-refractivity contribution in [2.75, 3.05) is 18.1 Å². The molecule has 1 amide bonds. The number of halogens is 1. The lowest BCUT2D eigenvalue weighted by atomic mass is 10.1. The molecule has 7 heteroatoms. The lowest BCUT2D eigenvalue weighted by molar-refractivity contribution is 0.104. The molecule has 158 valence electrons. The van der Waals surface area contributed by atoms with Crippen LogP contribution in [0.2, 0.25) is 5.15 Å². The van der Waals surface area contributed by atoms with Crippen molar-refractivity contribution in [3.8, 4) is 0 Å². The number of ether oxygens (including phenoxy) is 1. The van der Waals surface area contributed by atoms with Crippen molar-refractivity contribution in [3.63, 3.8) is 0 Å². The zero-order chi connectivity index (χ0) is 22.0. The normalized spacial score (nSPS) is 13.8. The summed E-state index contributed by atoms with van der Waals surface area (Å²) in [4.78, 5) is 26.0. The van der Waals surface area contributed by atoms with Gasteiger partial charge < -0.3 is 4.74 Å². The Labute approximate surface area is 185 Å². The highest BCUT2D eigenvalue weighted by molar-refractivity contribution is 6.31. The highest BCUT2D eigenvalue weighted by Crippen LogP contribution is 2.24. The maximum atomic E-state index is 12.7. The van der Waals surface area contributed by atoms with Crippen LogP contribution in [0.4, 0.5) is 10.5 Å². The fourth-order valence-corrected chi connectivity index (χ4v) is 3.74. The number of anilines is 1. The minimum Gasteiger partial charge on any atom is -0.447 e. The Hall–Kier alpha value is -3.38. The predicted octanol–water partition coefficient (Wildman–Crippen LogP) is 5.05. The number of amides is 1. The van der Waals surface area contributed by atoms with Gasteiger partial charge in [0.25, 0.3) is 0 Å². The van der Waals surface area contributed by atoms with Crippen molar-refractivity contribution in [2.45, 2.75) is 20.4 Å². The first-order chi connectivity index (χ1) is 14.9. The maximum Gasteiger partial charge on any atom is 0.414 e. The van der Waals surface area contributed by atoms with E-state index in [-0.39, 0.29) is 5.78 Å². The summed E-state index contributed by atoms with van der Waals surface area (Å²) in [7, 11) is 0. The molecule has 1 aromatic heterocycles. The summed E-state index contributed by atoms with van der Waals surface area (Å²) in [6.45, 7) is 5.28. The largest absolute Gasteiger partial charge is 0.447 e. The highest BCUT2D eigenvalue weighted by atomic mass is 35.5. The molecule has 0 aliphatic carbocycles. The summed E-state index contributed by atoms with van der Waals surface area (Å²) in [6.07, 6.45) is 2.77. The molecule has 1 fully saturated rings. The topological polar surface area (TPSA) is 64.4 Å². The molecule has 31 heavy (non-hydrogen) atoms. The van der Waals surface area contributed by atoms with Crippen molar-refractivity contribution in [3.05, 3.63) is 87.7 Å². The molecule has 0 spiro atoms. The van der Waals surface area contributed by atoms with Crippen LogP contribution in [-0.4, -0.2) is 34.8 Å². The molecule has 0 bridgehead atoms. The van der Waals surface area contributed by atoms with Crippen LogP contribution in [0.25, 0.3) is 6.08 Å². The molecule has 0 atom stereocenters. The van der Waals surface area contributed by atoms with Crippen LogP contribution >= 0.6 is 11.6 Å². The number of benzene rings is 2. The Morgan fingerprint density at radius 1 is 1.19 bits per heavy atom. The molecule has 1 aliphatic heterocycles. The van der Waals surface area contributed by atoms with Gasteiger partial charge in [-0.3, -0.25) is 9.69 Å². The van der Waals surface area contributed by atoms with E-state index in [1.807, 2.05) is 26.0 Å². The summed E-state index contributed by atoms with van der Waals surface area (Å²) in [5, 5.41) is 5.00. The molecule has 0 radical (unpaired) electrons. The van der Waals surface area contributed by atoms with Gasteiger partial charge in [0.15, 0.2) is 5.78 Å². The number of aromatic nitrogens is 2. The van der Waals surface area contributed by atoms with Gasteiger partial charge in [0, 0.05) is 16.8 Å². The van der Waals surface area contributed by atoms with Gasteiger partial charge >= 0.3 is 6.09 Å². The Morgan fingerprint density at radius 2 is 1.97 bits per heavy atom. The van der Waals surface area contributed by atoms with Gasteiger partial charge in [0.05, 0.1) is 18.8 Å². The van der Waals surface area contributed by atoms with Crippen LogP contribution in [0.3, 0.4) is 0 Å². The van der Waals surface area contributed by atoms with Gasteiger partial charge in [0.2, 0.25) is 0 Å². The third-order valence-corrected chi connectivity index (χ3v) is 5.57. The van der Waals surface area contributed by atoms with Gasteiger partial charge in [0.1, 0.15) is 11.8 Å². The summed E-state index contributed by atoms with van der Waals surface area (Å²) in [5.41, 5.74) is 4.87. The Bertz CT molecular complexity index is 1170. The molecule has 0 unspecified atom stereocenters. The summed E-state index contributed by atoms with van der Waals surface area (Å²) in [6, 6.07) is 15.1. The minimum absolute atomic E-state index is 0.184. The van der Waals surface area contributed by atoms with E-state index in [0.29, 0.717) is 41.7 Å². The first-order valence-corrected chi connectivity index (χ1v) is 10.4. The summed E-state index contributed by atoms with van der Waals surface area (Å²) >= 11 is 6.55. The molecular formula is C24H22ClN3O3. The Balaban J connectivity index is 1.52. The van der Waals surface area contributed by atoms with Gasteiger partial charge in [-0.2, -0.15) is 5.10 Å². The lowest BCUT2D eigenvalue weighted by Gasteiger charge is -2.13. The fourth-order valence-electron chi connectivity index (χ4n) is 3.44. The second kappa shape index (κ2) is 8.78. The molecular weight excluding hydrogens is 414 g/mol. The molecule has 3 aromatic rings. The maximum absolute atomic E-state index is 12.7. The predicted molar refractivity (Wildman–Crippen MR) is 121 cm³/mol. The quantitative estimate of drug-likeness (QED) is 0.401. The van der Waals surface area contributed by atoms with Crippen LogP contribution in [0.15, 0.2) is 54.6 Å². The molecule has 0 saturated carbocycles. The van der Waals surface area contributed by atoms with E-state index < -0.39 is 6.09 Å². The fraction of sp³-hybridized carbons (Fsp3) is 0.208. The molecule has 2 heterocycles. The number of ketones is 1. The average molecular weight is 436 g/mol. The number of rotatable bonds is 6. The zero-order valence-electron chi connectivity index (χ0n) is 17.3. The van der Waals surface area contributed by atoms with Gasteiger partial charge in [-0.25, -0.2) is 9.48 Å². The number of carbonyl (C=O) groups excluding carboxylic acids is 2. The molecule has 1 aliphatic rings. The second-order valence-corrected chi connectivity index (χ2v) is 7.81. The standard InChI is InChI=1S/C24H22ClN3O3/c1-16-6-8-18(9-7-16)15-28-23(25)21(17(2)26-28)10-11-22(29)19-4-3-5-20(14-19)27-12-13-31-24(27)30/h3-11,14H,12-13,15H2,1-2H3/b11-10+. The van der Waals surface area contributed by atoms with Gasteiger partial charge in [-0.05, 0) is 43.7 Å². The van der Waals surface area contributed by atoms with E-state index in [9.17, 15) is 9.59 Å². The van der Waals surface area contributed by atoms with Crippen molar-refractivity contribution in [1.82, 2.24) is 9.78 Å². The van der Waals surface area contributed by atoms with Crippen molar-refractivity contribution in [1.29, 1.82) is 0 Å². The Kier molecular flexibility index (Phi) is 5.91. The van der Waals surface area contributed by atoms with E-state index in [1.165, 1.54) is 16.5 Å². The molecule has 0 N–H and O–H groups in total.